The minimum absolute atomic E-state index is 0.00564. The lowest BCUT2D eigenvalue weighted by Gasteiger charge is -2.19. The van der Waals surface area contributed by atoms with Crippen LogP contribution in [0.5, 0.6) is 0 Å². The van der Waals surface area contributed by atoms with Crippen LogP contribution >= 0.6 is 23.2 Å². The van der Waals surface area contributed by atoms with Crippen molar-refractivity contribution >= 4 is 29.2 Å². The van der Waals surface area contributed by atoms with Crippen LogP contribution in [0.2, 0.25) is 10.0 Å². The fourth-order valence-electron chi connectivity index (χ4n) is 3.23. The van der Waals surface area contributed by atoms with Crippen LogP contribution in [0.15, 0.2) is 48.5 Å². The van der Waals surface area contributed by atoms with Crippen molar-refractivity contribution < 1.29 is 14.3 Å². The molecule has 3 rings (SSSR count). The van der Waals surface area contributed by atoms with Gasteiger partial charge in [-0.1, -0.05) is 54.4 Å². The normalized spacial score (nSPS) is 21.4. The van der Waals surface area contributed by atoms with Crippen LogP contribution in [0.25, 0.3) is 0 Å². The van der Waals surface area contributed by atoms with E-state index in [1.807, 2.05) is 55.5 Å². The predicted octanol–water partition coefficient (Wildman–Crippen LogP) is 5.42. The predicted molar refractivity (Wildman–Crippen MR) is 99.1 cm³/mol. The first-order valence-electron chi connectivity index (χ1n) is 8.24. The van der Waals surface area contributed by atoms with E-state index >= 15 is 0 Å². The van der Waals surface area contributed by atoms with E-state index < -0.39 is 0 Å². The van der Waals surface area contributed by atoms with Gasteiger partial charge < -0.3 is 9.47 Å². The van der Waals surface area contributed by atoms with Crippen LogP contribution in [0.4, 0.5) is 0 Å². The first-order chi connectivity index (χ1) is 12.0. The third kappa shape index (κ3) is 4.35. The summed E-state index contributed by atoms with van der Waals surface area (Å²) in [6, 6.07) is 15.4. The fourth-order valence-corrected chi connectivity index (χ4v) is 3.55. The molecule has 0 saturated carbocycles. The standard InChI is InChI=1S/C20H20Cl2O3/c1-12(20(23)24-2)10-17(14-4-3-5-16(22)11-14)19-18(25-19)13-6-8-15(21)9-7-13/h3-9,11-12,17-19H,10H2,1-2H3. The number of hydrogen-bond acceptors (Lipinski definition) is 3. The molecule has 0 amide bonds. The molecule has 3 nitrogen and oxygen atoms in total. The summed E-state index contributed by atoms with van der Waals surface area (Å²) in [5.41, 5.74) is 2.16. The van der Waals surface area contributed by atoms with E-state index in [2.05, 4.69) is 0 Å². The SMILES string of the molecule is COC(=O)C(C)CC(c1cccc(Cl)c1)C1OC1c1ccc(Cl)cc1. The molecular weight excluding hydrogens is 359 g/mol. The zero-order valence-electron chi connectivity index (χ0n) is 14.1. The maximum absolute atomic E-state index is 11.9. The van der Waals surface area contributed by atoms with Crippen LogP contribution in [0.3, 0.4) is 0 Å². The highest BCUT2D eigenvalue weighted by molar-refractivity contribution is 6.30. The van der Waals surface area contributed by atoms with Gasteiger partial charge in [-0.25, -0.2) is 0 Å². The second-order valence-electron chi connectivity index (χ2n) is 6.39. The van der Waals surface area contributed by atoms with Gasteiger partial charge in [0.25, 0.3) is 0 Å². The van der Waals surface area contributed by atoms with E-state index in [-0.39, 0.29) is 30.0 Å². The number of carbonyl (C=O) groups is 1. The van der Waals surface area contributed by atoms with Crippen LogP contribution in [0, 0.1) is 5.92 Å². The molecule has 0 spiro atoms. The lowest BCUT2D eigenvalue weighted by molar-refractivity contribution is -0.145. The molecule has 25 heavy (non-hydrogen) atoms. The topological polar surface area (TPSA) is 38.8 Å². The summed E-state index contributed by atoms with van der Waals surface area (Å²) in [5.74, 6) is -0.367. The third-order valence-electron chi connectivity index (χ3n) is 4.61. The van der Waals surface area contributed by atoms with Gasteiger partial charge in [0, 0.05) is 16.0 Å². The molecule has 1 fully saturated rings. The Hall–Kier alpha value is -1.55. The molecule has 1 aliphatic heterocycles. The van der Waals surface area contributed by atoms with Crippen LogP contribution in [-0.4, -0.2) is 19.2 Å². The van der Waals surface area contributed by atoms with Crippen molar-refractivity contribution in [2.75, 3.05) is 7.11 Å². The van der Waals surface area contributed by atoms with Gasteiger partial charge in [-0.05, 0) is 41.8 Å². The summed E-state index contributed by atoms with van der Waals surface area (Å²) in [6.45, 7) is 1.88. The van der Waals surface area contributed by atoms with Gasteiger partial charge in [0.1, 0.15) is 6.10 Å². The number of benzene rings is 2. The molecule has 4 atom stereocenters. The third-order valence-corrected chi connectivity index (χ3v) is 5.10. The zero-order chi connectivity index (χ0) is 18.0. The number of rotatable bonds is 6. The quantitative estimate of drug-likeness (QED) is 0.497. The van der Waals surface area contributed by atoms with Crippen molar-refractivity contribution in [3.8, 4) is 0 Å². The van der Waals surface area contributed by atoms with Gasteiger partial charge in [0.05, 0.1) is 19.1 Å². The van der Waals surface area contributed by atoms with E-state index in [0.717, 1.165) is 11.1 Å². The number of ether oxygens (including phenoxy) is 2. The Morgan fingerprint density at radius 1 is 1.16 bits per heavy atom. The number of methoxy groups -OCH3 is 1. The van der Waals surface area contributed by atoms with Gasteiger partial charge >= 0.3 is 5.97 Å². The van der Waals surface area contributed by atoms with Gasteiger partial charge in [-0.15, -0.1) is 0 Å². The number of epoxide rings is 1. The molecule has 0 bridgehead atoms. The summed E-state index contributed by atoms with van der Waals surface area (Å²) in [5, 5.41) is 1.38. The van der Waals surface area contributed by atoms with Crippen LogP contribution in [0.1, 0.15) is 36.5 Å². The van der Waals surface area contributed by atoms with Gasteiger partial charge in [-0.2, -0.15) is 0 Å². The highest BCUT2D eigenvalue weighted by atomic mass is 35.5. The molecule has 132 valence electrons. The monoisotopic (exact) mass is 378 g/mol. The Kier molecular flexibility index (Phi) is 5.67. The first-order valence-corrected chi connectivity index (χ1v) is 8.99. The lowest BCUT2D eigenvalue weighted by atomic mass is 9.85. The molecule has 4 unspecified atom stereocenters. The molecule has 2 aromatic rings. The lowest BCUT2D eigenvalue weighted by Crippen LogP contribution is -2.19. The molecule has 2 aromatic carbocycles. The zero-order valence-corrected chi connectivity index (χ0v) is 15.6. The first kappa shape index (κ1) is 18.2. The molecule has 0 N–H and O–H groups in total. The van der Waals surface area contributed by atoms with Crippen molar-refractivity contribution in [2.45, 2.75) is 31.5 Å². The van der Waals surface area contributed by atoms with Crippen molar-refractivity contribution in [2.24, 2.45) is 5.92 Å². The number of carbonyl (C=O) groups excluding carboxylic acids is 1. The maximum atomic E-state index is 11.9. The Balaban J connectivity index is 1.82. The maximum Gasteiger partial charge on any atom is 0.308 e. The smallest absolute Gasteiger partial charge is 0.308 e. The fraction of sp³-hybridized carbons (Fsp3) is 0.350. The Labute approximate surface area is 157 Å². The highest BCUT2D eigenvalue weighted by Gasteiger charge is 2.47. The summed E-state index contributed by atoms with van der Waals surface area (Å²) < 4.78 is 10.9. The summed E-state index contributed by atoms with van der Waals surface area (Å²) in [6.07, 6.45) is 0.653. The van der Waals surface area contributed by atoms with Crippen molar-refractivity contribution in [1.82, 2.24) is 0 Å². The van der Waals surface area contributed by atoms with Crippen LogP contribution < -0.4 is 0 Å². The summed E-state index contributed by atoms with van der Waals surface area (Å²) in [4.78, 5) is 11.9. The Bertz CT molecular complexity index is 745. The van der Waals surface area contributed by atoms with E-state index in [1.165, 1.54) is 7.11 Å². The largest absolute Gasteiger partial charge is 0.469 e. The Morgan fingerprint density at radius 2 is 1.88 bits per heavy atom. The van der Waals surface area contributed by atoms with Gasteiger partial charge in [-0.3, -0.25) is 4.79 Å². The number of hydrogen-bond donors (Lipinski definition) is 0. The molecule has 1 heterocycles. The van der Waals surface area contributed by atoms with E-state index in [4.69, 9.17) is 32.7 Å². The molecule has 0 aromatic heterocycles. The van der Waals surface area contributed by atoms with Gasteiger partial charge in [0.2, 0.25) is 0 Å². The average Bonchev–Trinajstić information content (AvgIpc) is 3.39. The highest BCUT2D eigenvalue weighted by Crippen LogP contribution is 2.49. The van der Waals surface area contributed by atoms with Crippen molar-refractivity contribution in [3.05, 3.63) is 69.7 Å². The second-order valence-corrected chi connectivity index (χ2v) is 7.27. The van der Waals surface area contributed by atoms with Crippen molar-refractivity contribution in [3.63, 3.8) is 0 Å². The van der Waals surface area contributed by atoms with Gasteiger partial charge in [0.15, 0.2) is 0 Å². The minimum atomic E-state index is -0.218. The molecule has 5 heteroatoms. The Morgan fingerprint density at radius 3 is 2.52 bits per heavy atom. The molecular formula is C20H20Cl2O3. The molecule has 0 aliphatic carbocycles. The minimum Gasteiger partial charge on any atom is -0.469 e. The molecule has 0 radical (unpaired) electrons. The molecule has 1 aliphatic rings. The number of halogens is 2. The van der Waals surface area contributed by atoms with Crippen molar-refractivity contribution in [1.29, 1.82) is 0 Å². The number of esters is 1. The van der Waals surface area contributed by atoms with E-state index in [9.17, 15) is 4.79 Å². The van der Waals surface area contributed by atoms with Crippen LogP contribution in [-0.2, 0) is 14.3 Å². The average molecular weight is 379 g/mol. The summed E-state index contributed by atoms with van der Waals surface area (Å²) >= 11 is 12.1. The van der Waals surface area contributed by atoms with E-state index in [0.29, 0.717) is 16.5 Å². The molecule has 1 saturated heterocycles. The summed E-state index contributed by atoms with van der Waals surface area (Å²) in [7, 11) is 1.41. The second kappa shape index (κ2) is 7.77. The van der Waals surface area contributed by atoms with E-state index in [1.54, 1.807) is 0 Å².